The van der Waals surface area contributed by atoms with Crippen LogP contribution in [0.25, 0.3) is 0 Å². The number of unbranched alkanes of at least 4 members (excludes halogenated alkanes) is 1. The van der Waals surface area contributed by atoms with Gasteiger partial charge in [0.05, 0.1) is 0 Å². The Hall–Kier alpha value is -1.22. The Morgan fingerprint density at radius 1 is 1.19 bits per heavy atom. The number of phenols is 1. The van der Waals surface area contributed by atoms with Crippen molar-refractivity contribution in [2.24, 2.45) is 0 Å². The van der Waals surface area contributed by atoms with Crippen LogP contribution in [0.4, 0.5) is 0 Å². The molecule has 0 radical (unpaired) electrons. The fraction of sp³-hybridized carbons (Fsp3) is 0.667. The topological polar surface area (TPSA) is 49.7 Å². The molecule has 0 aromatic heterocycles. The maximum absolute atomic E-state index is 10.5. The maximum Gasteiger partial charge on any atom is 0.127 e. The number of rotatable bonds is 5. The van der Waals surface area contributed by atoms with Crippen LogP contribution in [0, 0.1) is 13.8 Å². The zero-order valence-electron chi connectivity index (χ0n) is 13.9. The number of aliphatic hydroxyl groups excluding tert-OH is 1. The summed E-state index contributed by atoms with van der Waals surface area (Å²) in [6.45, 7) is 10.6. The Bertz CT molecular complexity index is 534. The van der Waals surface area contributed by atoms with Gasteiger partial charge in [0.2, 0.25) is 0 Å². The molecule has 0 spiro atoms. The molecule has 1 aliphatic rings. The van der Waals surface area contributed by atoms with Gasteiger partial charge in [0.15, 0.2) is 0 Å². The van der Waals surface area contributed by atoms with Crippen molar-refractivity contribution in [3.8, 4) is 11.5 Å². The van der Waals surface area contributed by atoms with Crippen LogP contribution >= 0.6 is 0 Å². The lowest BCUT2D eigenvalue weighted by atomic mass is 9.85. The van der Waals surface area contributed by atoms with Crippen molar-refractivity contribution in [3.63, 3.8) is 0 Å². The van der Waals surface area contributed by atoms with Crippen LogP contribution in [0.15, 0.2) is 0 Å². The number of hydrogen-bond acceptors (Lipinski definition) is 3. The van der Waals surface area contributed by atoms with E-state index in [0.717, 1.165) is 48.1 Å². The molecule has 2 rings (SSSR count). The number of fused-ring (bicyclic) bond motifs is 1. The molecule has 0 aliphatic carbocycles. The Balaban J connectivity index is 2.40. The van der Waals surface area contributed by atoms with Crippen molar-refractivity contribution in [1.82, 2.24) is 0 Å². The normalized spacial score (nSPS) is 20.7. The molecule has 3 heteroatoms. The Labute approximate surface area is 128 Å². The van der Waals surface area contributed by atoms with E-state index in [-0.39, 0.29) is 18.1 Å². The van der Waals surface area contributed by atoms with E-state index < -0.39 is 0 Å². The average Bonchev–Trinajstić information content (AvgIpc) is 2.74. The lowest BCUT2D eigenvalue weighted by Crippen LogP contribution is -2.30. The summed E-state index contributed by atoms with van der Waals surface area (Å²) in [6, 6.07) is 0. The summed E-state index contributed by atoms with van der Waals surface area (Å²) < 4.78 is 6.31. The molecule has 1 aromatic carbocycles. The smallest absolute Gasteiger partial charge is 0.127 e. The fourth-order valence-corrected chi connectivity index (χ4v) is 3.38. The number of aromatic hydroxyl groups is 1. The Morgan fingerprint density at radius 2 is 1.86 bits per heavy atom. The van der Waals surface area contributed by atoms with Crippen molar-refractivity contribution in [2.75, 3.05) is 6.61 Å². The molecule has 0 saturated heterocycles. The largest absolute Gasteiger partial charge is 0.507 e. The van der Waals surface area contributed by atoms with E-state index >= 15 is 0 Å². The third-order valence-electron chi connectivity index (χ3n) is 4.70. The summed E-state index contributed by atoms with van der Waals surface area (Å²) in [4.78, 5) is 0. The SMILES string of the molecule is Cc1c(C)c2c(c(C(C)C)c1O)CC(C)(CCCCO)O2. The molecular formula is C18H28O3. The summed E-state index contributed by atoms with van der Waals surface area (Å²) in [7, 11) is 0. The van der Waals surface area contributed by atoms with Crippen LogP contribution in [0.2, 0.25) is 0 Å². The molecule has 3 nitrogen and oxygen atoms in total. The first kappa shape index (κ1) is 16.2. The molecule has 0 saturated carbocycles. The van der Waals surface area contributed by atoms with Gasteiger partial charge in [0.1, 0.15) is 17.1 Å². The van der Waals surface area contributed by atoms with Gasteiger partial charge in [0.25, 0.3) is 0 Å². The van der Waals surface area contributed by atoms with E-state index in [2.05, 4.69) is 20.8 Å². The lowest BCUT2D eigenvalue weighted by Gasteiger charge is -2.24. The molecule has 1 heterocycles. The van der Waals surface area contributed by atoms with E-state index in [9.17, 15) is 5.11 Å². The van der Waals surface area contributed by atoms with Crippen LogP contribution in [0.1, 0.15) is 68.2 Å². The van der Waals surface area contributed by atoms with Crippen LogP contribution in [0.5, 0.6) is 11.5 Å². The Morgan fingerprint density at radius 3 is 2.43 bits per heavy atom. The van der Waals surface area contributed by atoms with Crippen molar-refractivity contribution >= 4 is 0 Å². The van der Waals surface area contributed by atoms with Gasteiger partial charge in [-0.25, -0.2) is 0 Å². The van der Waals surface area contributed by atoms with Crippen molar-refractivity contribution in [2.45, 2.75) is 71.8 Å². The average molecular weight is 292 g/mol. The molecule has 1 unspecified atom stereocenters. The van der Waals surface area contributed by atoms with Crippen molar-refractivity contribution < 1.29 is 14.9 Å². The molecule has 0 bridgehead atoms. The third-order valence-corrected chi connectivity index (χ3v) is 4.70. The summed E-state index contributed by atoms with van der Waals surface area (Å²) in [6.07, 6.45) is 3.55. The van der Waals surface area contributed by atoms with E-state index in [0.29, 0.717) is 5.75 Å². The lowest BCUT2D eigenvalue weighted by molar-refractivity contribution is 0.0992. The molecule has 1 aromatic rings. The minimum Gasteiger partial charge on any atom is -0.507 e. The van der Waals surface area contributed by atoms with Gasteiger partial charge in [-0.05, 0) is 57.1 Å². The molecule has 118 valence electrons. The van der Waals surface area contributed by atoms with Crippen LogP contribution in [0.3, 0.4) is 0 Å². The number of ether oxygens (including phenoxy) is 1. The predicted molar refractivity (Wildman–Crippen MR) is 85.3 cm³/mol. The first-order chi connectivity index (χ1) is 9.80. The van der Waals surface area contributed by atoms with Gasteiger partial charge in [-0.15, -0.1) is 0 Å². The summed E-state index contributed by atoms with van der Waals surface area (Å²) in [5.41, 5.74) is 3.98. The van der Waals surface area contributed by atoms with Crippen molar-refractivity contribution in [1.29, 1.82) is 0 Å². The van der Waals surface area contributed by atoms with Gasteiger partial charge in [-0.3, -0.25) is 0 Å². The first-order valence-electron chi connectivity index (χ1n) is 7.95. The molecule has 0 fully saturated rings. The highest BCUT2D eigenvalue weighted by molar-refractivity contribution is 5.61. The van der Waals surface area contributed by atoms with Gasteiger partial charge in [-0.1, -0.05) is 13.8 Å². The monoisotopic (exact) mass is 292 g/mol. The minimum absolute atomic E-state index is 0.216. The van der Waals surface area contributed by atoms with Gasteiger partial charge in [0, 0.05) is 24.2 Å². The zero-order valence-corrected chi connectivity index (χ0v) is 13.9. The van der Waals surface area contributed by atoms with Crippen LogP contribution in [-0.4, -0.2) is 22.4 Å². The highest BCUT2D eigenvalue weighted by atomic mass is 16.5. The highest BCUT2D eigenvalue weighted by Gasteiger charge is 2.38. The number of aliphatic hydroxyl groups is 1. The van der Waals surface area contributed by atoms with Gasteiger partial charge >= 0.3 is 0 Å². The minimum atomic E-state index is -0.216. The van der Waals surface area contributed by atoms with E-state index in [1.807, 2.05) is 13.8 Å². The van der Waals surface area contributed by atoms with E-state index in [4.69, 9.17) is 9.84 Å². The first-order valence-corrected chi connectivity index (χ1v) is 7.95. The second-order valence-corrected chi connectivity index (χ2v) is 6.88. The molecular weight excluding hydrogens is 264 g/mol. The molecule has 0 amide bonds. The maximum atomic E-state index is 10.5. The van der Waals surface area contributed by atoms with Crippen LogP contribution < -0.4 is 4.74 Å². The second-order valence-electron chi connectivity index (χ2n) is 6.88. The highest BCUT2D eigenvalue weighted by Crippen LogP contribution is 2.48. The number of hydrogen-bond donors (Lipinski definition) is 2. The third kappa shape index (κ3) is 2.89. The summed E-state index contributed by atoms with van der Waals surface area (Å²) in [5, 5.41) is 19.5. The van der Waals surface area contributed by atoms with Gasteiger partial charge in [-0.2, -0.15) is 0 Å². The summed E-state index contributed by atoms with van der Waals surface area (Å²) in [5.74, 6) is 1.69. The molecule has 1 aliphatic heterocycles. The fourth-order valence-electron chi connectivity index (χ4n) is 3.38. The Kier molecular flexibility index (Phi) is 4.52. The quantitative estimate of drug-likeness (QED) is 0.807. The van der Waals surface area contributed by atoms with Crippen LogP contribution in [-0.2, 0) is 6.42 Å². The van der Waals surface area contributed by atoms with E-state index in [1.165, 1.54) is 5.56 Å². The molecule has 1 atom stereocenters. The zero-order chi connectivity index (χ0) is 15.8. The predicted octanol–water partition coefficient (Wildman–Crippen LogP) is 3.99. The number of phenolic OH excluding ortho intramolecular Hbond substituents is 1. The summed E-state index contributed by atoms with van der Waals surface area (Å²) >= 11 is 0. The van der Waals surface area contributed by atoms with Gasteiger partial charge < -0.3 is 14.9 Å². The number of benzene rings is 1. The standard InChI is InChI=1S/C18H28O3/c1-11(2)15-14-10-18(5,8-6-7-9-19)21-17(14)13(4)12(3)16(15)20/h11,19-20H,6-10H2,1-5H3. The van der Waals surface area contributed by atoms with E-state index in [1.54, 1.807) is 0 Å². The molecule has 2 N–H and O–H groups in total. The molecule has 21 heavy (non-hydrogen) atoms. The van der Waals surface area contributed by atoms with Crippen molar-refractivity contribution in [3.05, 3.63) is 22.3 Å². The second kappa shape index (κ2) is 5.88.